The molecule has 3 aromatic rings. The van der Waals surface area contributed by atoms with Gasteiger partial charge in [-0.3, -0.25) is 9.59 Å². The van der Waals surface area contributed by atoms with Crippen LogP contribution >= 0.6 is 11.6 Å². The van der Waals surface area contributed by atoms with Gasteiger partial charge in [0.05, 0.1) is 12.8 Å². The predicted molar refractivity (Wildman–Crippen MR) is 120 cm³/mol. The molecule has 0 aliphatic carbocycles. The number of halogens is 1. The number of hydrazone groups is 1. The van der Waals surface area contributed by atoms with Gasteiger partial charge in [0.2, 0.25) is 11.8 Å². The van der Waals surface area contributed by atoms with E-state index in [9.17, 15) is 9.59 Å². The third-order valence-corrected chi connectivity index (χ3v) is 4.48. The zero-order chi connectivity index (χ0) is 21.3. The summed E-state index contributed by atoms with van der Waals surface area (Å²) < 4.78 is 5.81. The number of hydrogen-bond acceptors (Lipinski definition) is 4. The van der Waals surface area contributed by atoms with Crippen molar-refractivity contribution in [1.82, 2.24) is 5.43 Å². The lowest BCUT2D eigenvalue weighted by molar-refractivity contribution is -0.126. The maximum Gasteiger partial charge on any atom is 0.249 e. The highest BCUT2D eigenvalue weighted by molar-refractivity contribution is 6.30. The molecule has 6 nitrogen and oxygen atoms in total. The zero-order valence-corrected chi connectivity index (χ0v) is 17.3. The van der Waals surface area contributed by atoms with E-state index in [1.165, 1.54) is 0 Å². The van der Waals surface area contributed by atoms with Crippen LogP contribution in [0.1, 0.15) is 25.3 Å². The van der Waals surface area contributed by atoms with Crippen molar-refractivity contribution in [3.63, 3.8) is 0 Å². The first kappa shape index (κ1) is 21.3. The van der Waals surface area contributed by atoms with Gasteiger partial charge in [0, 0.05) is 16.3 Å². The Balaban J connectivity index is 1.65. The van der Waals surface area contributed by atoms with Crippen LogP contribution in [0.15, 0.2) is 65.8 Å². The fourth-order valence-electron chi connectivity index (χ4n) is 2.84. The lowest BCUT2D eigenvalue weighted by atomic mass is 10.0. The predicted octanol–water partition coefficient (Wildman–Crippen LogP) is 4.76. The van der Waals surface area contributed by atoms with Gasteiger partial charge >= 0.3 is 0 Å². The van der Waals surface area contributed by atoms with Crippen molar-refractivity contribution in [3.05, 3.63) is 71.2 Å². The molecule has 3 rings (SSSR count). The summed E-state index contributed by atoms with van der Waals surface area (Å²) in [5.41, 5.74) is 3.73. The van der Waals surface area contributed by atoms with E-state index in [0.29, 0.717) is 23.1 Å². The number of anilines is 1. The Morgan fingerprint density at radius 2 is 1.80 bits per heavy atom. The summed E-state index contributed by atoms with van der Waals surface area (Å²) in [7, 11) is 0. The van der Waals surface area contributed by atoms with Crippen LogP contribution in [0.3, 0.4) is 0 Å². The molecule has 0 fully saturated rings. The second-order valence-electron chi connectivity index (χ2n) is 6.57. The fourth-order valence-corrected chi connectivity index (χ4v) is 2.97. The first-order valence-corrected chi connectivity index (χ1v) is 9.96. The maximum absolute atomic E-state index is 12.1. The number of carbonyl (C=O) groups excluding carboxylic acids is 2. The molecule has 30 heavy (non-hydrogen) atoms. The van der Waals surface area contributed by atoms with Gasteiger partial charge < -0.3 is 10.1 Å². The SMILES string of the molecule is CCCOc1ccc2ccccc2c1C=NNC(=O)CC(=O)Nc1ccc(Cl)cc1. The van der Waals surface area contributed by atoms with Gasteiger partial charge in [0.1, 0.15) is 12.2 Å². The van der Waals surface area contributed by atoms with Crippen molar-refractivity contribution in [2.75, 3.05) is 11.9 Å². The number of nitrogens with zero attached hydrogens (tertiary/aromatic N) is 1. The van der Waals surface area contributed by atoms with E-state index >= 15 is 0 Å². The highest BCUT2D eigenvalue weighted by Crippen LogP contribution is 2.26. The van der Waals surface area contributed by atoms with Crippen molar-refractivity contribution in [3.8, 4) is 5.75 Å². The molecule has 0 atom stereocenters. The average Bonchev–Trinajstić information content (AvgIpc) is 2.74. The molecule has 0 radical (unpaired) electrons. The van der Waals surface area contributed by atoms with Gasteiger partial charge in [-0.15, -0.1) is 0 Å². The van der Waals surface area contributed by atoms with Crippen LogP contribution in [0.5, 0.6) is 5.75 Å². The van der Waals surface area contributed by atoms with Crippen molar-refractivity contribution in [2.24, 2.45) is 5.10 Å². The molecule has 0 aliphatic rings. The number of rotatable bonds is 8. The Morgan fingerprint density at radius 3 is 2.57 bits per heavy atom. The zero-order valence-electron chi connectivity index (χ0n) is 16.5. The molecule has 3 aromatic carbocycles. The van der Waals surface area contributed by atoms with E-state index in [0.717, 1.165) is 22.8 Å². The average molecular weight is 424 g/mol. The number of nitrogens with one attached hydrogen (secondary N) is 2. The number of amides is 2. The highest BCUT2D eigenvalue weighted by Gasteiger charge is 2.10. The van der Waals surface area contributed by atoms with E-state index in [2.05, 4.69) is 15.8 Å². The second kappa shape index (κ2) is 10.4. The van der Waals surface area contributed by atoms with Crippen LogP contribution < -0.4 is 15.5 Å². The van der Waals surface area contributed by atoms with Crippen molar-refractivity contribution in [2.45, 2.75) is 19.8 Å². The largest absolute Gasteiger partial charge is 0.493 e. The highest BCUT2D eigenvalue weighted by atomic mass is 35.5. The Morgan fingerprint density at radius 1 is 1.03 bits per heavy atom. The molecule has 0 aliphatic heterocycles. The van der Waals surface area contributed by atoms with Crippen LogP contribution in [-0.2, 0) is 9.59 Å². The molecule has 0 saturated carbocycles. The van der Waals surface area contributed by atoms with Gasteiger partial charge in [-0.25, -0.2) is 5.43 Å². The minimum absolute atomic E-state index is 0.352. The van der Waals surface area contributed by atoms with E-state index < -0.39 is 11.8 Å². The third kappa shape index (κ3) is 5.81. The maximum atomic E-state index is 12.1. The summed E-state index contributed by atoms with van der Waals surface area (Å²) in [5, 5.41) is 9.23. The van der Waals surface area contributed by atoms with Gasteiger partial charge in [0.15, 0.2) is 0 Å². The molecular weight excluding hydrogens is 402 g/mol. The molecule has 154 valence electrons. The van der Waals surface area contributed by atoms with Gasteiger partial charge in [-0.2, -0.15) is 5.10 Å². The van der Waals surface area contributed by atoms with Gasteiger partial charge in [-0.05, 0) is 47.5 Å². The minimum Gasteiger partial charge on any atom is -0.493 e. The summed E-state index contributed by atoms with van der Waals surface area (Å²) in [5.74, 6) is -0.273. The molecule has 7 heteroatoms. The molecule has 0 heterocycles. The van der Waals surface area contributed by atoms with Crippen molar-refractivity contribution < 1.29 is 14.3 Å². The lowest BCUT2D eigenvalue weighted by Crippen LogP contribution is -2.24. The van der Waals surface area contributed by atoms with E-state index in [4.69, 9.17) is 16.3 Å². The Bertz CT molecular complexity index is 1060. The first-order chi connectivity index (χ1) is 14.6. The smallest absolute Gasteiger partial charge is 0.249 e. The minimum atomic E-state index is -0.519. The molecular formula is C23H22ClN3O3. The summed E-state index contributed by atoms with van der Waals surface area (Å²) in [4.78, 5) is 24.1. The molecule has 0 bridgehead atoms. The first-order valence-electron chi connectivity index (χ1n) is 9.58. The van der Waals surface area contributed by atoms with Crippen LogP contribution in [0.25, 0.3) is 10.8 Å². The summed E-state index contributed by atoms with van der Waals surface area (Å²) in [6, 6.07) is 18.4. The lowest BCUT2D eigenvalue weighted by Gasteiger charge is -2.11. The van der Waals surface area contributed by atoms with E-state index in [-0.39, 0.29) is 6.42 Å². The number of hydrogen-bond donors (Lipinski definition) is 2. The quantitative estimate of drug-likeness (QED) is 0.311. The van der Waals surface area contributed by atoms with Gasteiger partial charge in [0.25, 0.3) is 0 Å². The normalized spacial score (nSPS) is 10.9. The Kier molecular flexibility index (Phi) is 7.40. The monoisotopic (exact) mass is 423 g/mol. The third-order valence-electron chi connectivity index (χ3n) is 4.22. The van der Waals surface area contributed by atoms with Crippen LogP contribution in [0.4, 0.5) is 5.69 Å². The summed E-state index contributed by atoms with van der Waals surface area (Å²) >= 11 is 5.81. The van der Waals surface area contributed by atoms with Crippen LogP contribution in [-0.4, -0.2) is 24.6 Å². The summed E-state index contributed by atoms with van der Waals surface area (Å²) in [6.45, 7) is 2.61. The van der Waals surface area contributed by atoms with Crippen molar-refractivity contribution >= 4 is 46.1 Å². The van der Waals surface area contributed by atoms with E-state index in [1.807, 2.05) is 43.3 Å². The van der Waals surface area contributed by atoms with Gasteiger partial charge in [-0.1, -0.05) is 48.9 Å². The molecule has 0 aromatic heterocycles. The standard InChI is InChI=1S/C23H22ClN3O3/c1-2-13-30-21-12-7-16-5-3-4-6-19(16)20(21)15-25-27-23(29)14-22(28)26-18-10-8-17(24)9-11-18/h3-12,15H,2,13-14H2,1H3,(H,26,28)(H,27,29). The number of benzene rings is 3. The molecule has 0 unspecified atom stereocenters. The number of ether oxygens (including phenoxy) is 1. The second-order valence-corrected chi connectivity index (χ2v) is 7.01. The molecule has 2 amide bonds. The number of carbonyl (C=O) groups is 2. The van der Waals surface area contributed by atoms with E-state index in [1.54, 1.807) is 30.5 Å². The number of fused-ring (bicyclic) bond motifs is 1. The molecule has 0 saturated heterocycles. The van der Waals surface area contributed by atoms with Crippen LogP contribution in [0, 0.1) is 0 Å². The Hall–Kier alpha value is -3.38. The summed E-state index contributed by atoms with van der Waals surface area (Å²) in [6.07, 6.45) is 2.07. The fraction of sp³-hybridized carbons (Fsp3) is 0.174. The molecule has 2 N–H and O–H groups in total. The van der Waals surface area contributed by atoms with Crippen LogP contribution in [0.2, 0.25) is 5.02 Å². The van der Waals surface area contributed by atoms with Crippen molar-refractivity contribution in [1.29, 1.82) is 0 Å². The molecule has 0 spiro atoms. The Labute approximate surface area is 179 Å². The topological polar surface area (TPSA) is 79.8 Å².